The van der Waals surface area contributed by atoms with Crippen LogP contribution in [0.4, 0.5) is 13.2 Å². The highest BCUT2D eigenvalue weighted by atomic mass is 127. The molecule has 0 bridgehead atoms. The van der Waals surface area contributed by atoms with Crippen molar-refractivity contribution in [2.75, 3.05) is 7.05 Å². The molecule has 0 aliphatic heterocycles. The lowest BCUT2D eigenvalue weighted by molar-refractivity contribution is -0.0506. The SMILES string of the molecule is CN=C(NCc1coc(-c2ccccc2)n1)NCc1c(F)cccc1OC(F)F.I. The van der Waals surface area contributed by atoms with Crippen LogP contribution in [-0.4, -0.2) is 24.6 Å². The average Bonchev–Trinajstić information content (AvgIpc) is 3.19. The fraction of sp³-hybridized carbons (Fsp3) is 0.200. The summed E-state index contributed by atoms with van der Waals surface area (Å²) in [7, 11) is 1.53. The molecule has 0 amide bonds. The Balaban J connectivity index is 0.00000320. The van der Waals surface area contributed by atoms with Gasteiger partial charge in [-0.1, -0.05) is 24.3 Å². The van der Waals surface area contributed by atoms with Crippen LogP contribution in [0, 0.1) is 5.82 Å². The molecule has 30 heavy (non-hydrogen) atoms. The van der Waals surface area contributed by atoms with E-state index in [2.05, 4.69) is 25.3 Å². The first kappa shape index (κ1) is 23.5. The molecule has 6 nitrogen and oxygen atoms in total. The summed E-state index contributed by atoms with van der Waals surface area (Å²) in [5, 5.41) is 5.87. The topological polar surface area (TPSA) is 71.7 Å². The quantitative estimate of drug-likeness (QED) is 0.265. The summed E-state index contributed by atoms with van der Waals surface area (Å²) in [5.74, 6) is -0.0620. The van der Waals surface area contributed by atoms with Crippen LogP contribution < -0.4 is 15.4 Å². The highest BCUT2D eigenvalue weighted by Crippen LogP contribution is 2.23. The Kier molecular flexibility index (Phi) is 8.96. The van der Waals surface area contributed by atoms with Crippen molar-refractivity contribution in [2.24, 2.45) is 4.99 Å². The number of hydrogen-bond acceptors (Lipinski definition) is 4. The molecule has 0 unspecified atom stereocenters. The Morgan fingerprint density at radius 2 is 1.83 bits per heavy atom. The number of alkyl halides is 2. The maximum absolute atomic E-state index is 14.0. The molecule has 2 aromatic carbocycles. The Morgan fingerprint density at radius 1 is 1.10 bits per heavy atom. The number of oxazole rings is 1. The van der Waals surface area contributed by atoms with E-state index in [4.69, 9.17) is 4.42 Å². The van der Waals surface area contributed by atoms with Crippen LogP contribution in [0.3, 0.4) is 0 Å². The standard InChI is InChI=1S/C20H19F3N4O2.HI/c1-24-20(26-11-15-16(21)8-5-9-17(15)29-19(22)23)25-10-14-12-28-18(27-14)13-6-3-2-4-7-13;/h2-9,12,19H,10-11H2,1H3,(H2,24,25,26);1H. The van der Waals surface area contributed by atoms with Gasteiger partial charge in [-0.25, -0.2) is 9.37 Å². The van der Waals surface area contributed by atoms with Crippen molar-refractivity contribution in [3.05, 3.63) is 71.9 Å². The van der Waals surface area contributed by atoms with E-state index in [-0.39, 0.29) is 41.8 Å². The summed E-state index contributed by atoms with van der Waals surface area (Å²) >= 11 is 0. The maximum Gasteiger partial charge on any atom is 0.387 e. The van der Waals surface area contributed by atoms with Crippen LogP contribution in [0.25, 0.3) is 11.5 Å². The normalized spacial score (nSPS) is 11.2. The zero-order chi connectivity index (χ0) is 20.6. The van der Waals surface area contributed by atoms with Crippen molar-refractivity contribution in [3.63, 3.8) is 0 Å². The van der Waals surface area contributed by atoms with Crippen LogP contribution >= 0.6 is 24.0 Å². The van der Waals surface area contributed by atoms with Crippen molar-refractivity contribution in [1.29, 1.82) is 0 Å². The van der Waals surface area contributed by atoms with Gasteiger partial charge >= 0.3 is 6.61 Å². The molecule has 0 saturated carbocycles. The number of nitrogens with zero attached hydrogens (tertiary/aromatic N) is 2. The zero-order valence-corrected chi connectivity index (χ0v) is 18.3. The number of nitrogens with one attached hydrogen (secondary N) is 2. The summed E-state index contributed by atoms with van der Waals surface area (Å²) in [4.78, 5) is 8.42. The van der Waals surface area contributed by atoms with Gasteiger partial charge in [0.2, 0.25) is 5.89 Å². The summed E-state index contributed by atoms with van der Waals surface area (Å²) in [6, 6.07) is 13.2. The van der Waals surface area contributed by atoms with E-state index in [9.17, 15) is 13.2 Å². The van der Waals surface area contributed by atoms with Crippen molar-refractivity contribution in [1.82, 2.24) is 15.6 Å². The lowest BCUT2D eigenvalue weighted by Gasteiger charge is -2.14. The zero-order valence-electron chi connectivity index (χ0n) is 15.9. The number of ether oxygens (including phenoxy) is 1. The van der Waals surface area contributed by atoms with Gasteiger partial charge in [-0.2, -0.15) is 8.78 Å². The van der Waals surface area contributed by atoms with E-state index in [1.54, 1.807) is 0 Å². The summed E-state index contributed by atoms with van der Waals surface area (Å²) < 4.78 is 48.9. The molecule has 0 aliphatic carbocycles. The summed E-state index contributed by atoms with van der Waals surface area (Å²) in [6.07, 6.45) is 1.52. The lowest BCUT2D eigenvalue weighted by atomic mass is 10.2. The van der Waals surface area contributed by atoms with E-state index >= 15 is 0 Å². The van der Waals surface area contributed by atoms with Crippen LogP contribution in [0.1, 0.15) is 11.3 Å². The average molecular weight is 532 g/mol. The number of benzene rings is 2. The van der Waals surface area contributed by atoms with Crippen molar-refractivity contribution in [2.45, 2.75) is 19.7 Å². The first-order chi connectivity index (χ1) is 14.1. The van der Waals surface area contributed by atoms with Crippen LogP contribution in [-0.2, 0) is 13.1 Å². The molecule has 0 fully saturated rings. The molecule has 0 radical (unpaired) electrons. The van der Waals surface area contributed by atoms with Gasteiger partial charge in [0.05, 0.1) is 12.2 Å². The minimum atomic E-state index is -3.04. The smallest absolute Gasteiger partial charge is 0.387 e. The number of hydrogen-bond donors (Lipinski definition) is 2. The molecular weight excluding hydrogens is 512 g/mol. The van der Waals surface area contributed by atoms with Crippen LogP contribution in [0.5, 0.6) is 5.75 Å². The van der Waals surface area contributed by atoms with Crippen molar-refractivity contribution >= 4 is 29.9 Å². The Labute approximate surface area is 188 Å². The van der Waals surface area contributed by atoms with Gasteiger partial charge in [-0.15, -0.1) is 24.0 Å². The molecule has 160 valence electrons. The van der Waals surface area contributed by atoms with E-state index in [1.165, 1.54) is 31.5 Å². The third kappa shape index (κ3) is 6.37. The number of aliphatic imine (C=N–C) groups is 1. The first-order valence-electron chi connectivity index (χ1n) is 8.73. The second-order valence-corrected chi connectivity index (χ2v) is 5.88. The van der Waals surface area contributed by atoms with Gasteiger partial charge in [-0.05, 0) is 24.3 Å². The predicted octanol–water partition coefficient (Wildman–Crippen LogP) is 4.57. The van der Waals surface area contributed by atoms with E-state index in [1.807, 2.05) is 30.3 Å². The van der Waals surface area contributed by atoms with Gasteiger partial charge in [0.15, 0.2) is 5.96 Å². The van der Waals surface area contributed by atoms with Crippen LogP contribution in [0.15, 0.2) is 64.2 Å². The highest BCUT2D eigenvalue weighted by Gasteiger charge is 2.14. The summed E-state index contributed by atoms with van der Waals surface area (Å²) in [5.41, 5.74) is 1.47. The third-order valence-corrected chi connectivity index (χ3v) is 3.96. The fourth-order valence-corrected chi connectivity index (χ4v) is 2.59. The number of aromatic nitrogens is 1. The minimum absolute atomic E-state index is 0. The number of rotatable bonds is 7. The molecule has 0 aliphatic rings. The molecule has 1 heterocycles. The van der Waals surface area contributed by atoms with Gasteiger partial charge in [0.25, 0.3) is 0 Å². The molecule has 0 atom stereocenters. The predicted molar refractivity (Wildman–Crippen MR) is 117 cm³/mol. The molecule has 0 spiro atoms. The molecule has 0 saturated heterocycles. The number of guanidine groups is 1. The maximum atomic E-state index is 14.0. The Bertz CT molecular complexity index is 968. The van der Waals surface area contributed by atoms with Crippen molar-refractivity contribution < 1.29 is 22.3 Å². The summed E-state index contributed by atoms with van der Waals surface area (Å²) in [6.45, 7) is -2.84. The highest BCUT2D eigenvalue weighted by molar-refractivity contribution is 14.0. The van der Waals surface area contributed by atoms with E-state index < -0.39 is 12.4 Å². The third-order valence-electron chi connectivity index (χ3n) is 3.96. The number of halogens is 4. The molecule has 2 N–H and O–H groups in total. The van der Waals surface area contributed by atoms with Crippen molar-refractivity contribution in [3.8, 4) is 17.2 Å². The molecule has 3 rings (SSSR count). The van der Waals surface area contributed by atoms with Gasteiger partial charge in [-0.3, -0.25) is 4.99 Å². The second kappa shape index (κ2) is 11.4. The molecule has 10 heteroatoms. The van der Waals surface area contributed by atoms with Crippen LogP contribution in [0.2, 0.25) is 0 Å². The van der Waals surface area contributed by atoms with Gasteiger partial charge in [0, 0.05) is 24.7 Å². The molecular formula is C20H20F3IN4O2. The van der Waals surface area contributed by atoms with E-state index in [0.717, 1.165) is 5.56 Å². The monoisotopic (exact) mass is 532 g/mol. The second-order valence-electron chi connectivity index (χ2n) is 5.88. The largest absolute Gasteiger partial charge is 0.444 e. The fourth-order valence-electron chi connectivity index (χ4n) is 2.59. The molecule has 3 aromatic rings. The minimum Gasteiger partial charge on any atom is -0.444 e. The van der Waals surface area contributed by atoms with Gasteiger partial charge < -0.3 is 19.8 Å². The molecule has 1 aromatic heterocycles. The Hall–Kier alpha value is -2.76. The Morgan fingerprint density at radius 3 is 2.53 bits per heavy atom. The van der Waals surface area contributed by atoms with Gasteiger partial charge in [0.1, 0.15) is 17.8 Å². The van der Waals surface area contributed by atoms with E-state index in [0.29, 0.717) is 24.1 Å². The first-order valence-corrected chi connectivity index (χ1v) is 8.73. The lowest BCUT2D eigenvalue weighted by Crippen LogP contribution is -2.36.